The Morgan fingerprint density at radius 1 is 1.26 bits per heavy atom. The van der Waals surface area contributed by atoms with Gasteiger partial charge in [-0.3, -0.25) is 0 Å². The Labute approximate surface area is 130 Å². The van der Waals surface area contributed by atoms with Gasteiger partial charge >= 0.3 is 0 Å². The normalized spacial score (nSPS) is 29.4. The molecule has 1 aliphatic rings. The molecule has 4 atom stereocenters. The van der Waals surface area contributed by atoms with E-state index in [1.807, 2.05) is 11.3 Å². The van der Waals surface area contributed by atoms with E-state index >= 15 is 0 Å². The Kier molecular flexibility index (Phi) is 6.12. The highest BCUT2D eigenvalue weighted by Crippen LogP contribution is 2.37. The second kappa shape index (κ2) is 7.39. The number of hydrogen-bond acceptors (Lipinski definition) is 4. The zero-order valence-electron chi connectivity index (χ0n) is 12.3. The van der Waals surface area contributed by atoms with E-state index < -0.39 is 0 Å². The summed E-state index contributed by atoms with van der Waals surface area (Å²) < 4.78 is 0. The third-order valence-electron chi connectivity index (χ3n) is 3.88. The van der Waals surface area contributed by atoms with E-state index in [0.717, 1.165) is 22.2 Å². The van der Waals surface area contributed by atoms with E-state index in [1.165, 1.54) is 21.9 Å². The first-order valence-electron chi connectivity index (χ1n) is 7.16. The standard InChI is InChI=1S/C15H25NS3/c1-5-12-6-7-13(19-12)8-14(16-4)15-9-17-10(2)11(3)18-15/h6-7,10-11,14-16H,5,8-9H2,1-4H3. The summed E-state index contributed by atoms with van der Waals surface area (Å²) in [4.78, 5) is 3.05. The lowest BCUT2D eigenvalue weighted by atomic mass is 10.1. The van der Waals surface area contributed by atoms with Crippen molar-refractivity contribution in [2.45, 2.75) is 55.4 Å². The van der Waals surface area contributed by atoms with Gasteiger partial charge < -0.3 is 5.32 Å². The van der Waals surface area contributed by atoms with Gasteiger partial charge in [0.1, 0.15) is 0 Å². The molecule has 0 aliphatic carbocycles. The van der Waals surface area contributed by atoms with Gasteiger partial charge in [0, 0.05) is 37.3 Å². The molecule has 1 fully saturated rings. The van der Waals surface area contributed by atoms with Gasteiger partial charge in [0.2, 0.25) is 0 Å². The number of likely N-dealkylation sites (N-methyl/N-ethyl adjacent to an activating group) is 1. The van der Waals surface area contributed by atoms with Gasteiger partial charge in [-0.25, -0.2) is 0 Å². The van der Waals surface area contributed by atoms with Crippen LogP contribution in [0.15, 0.2) is 12.1 Å². The molecular weight excluding hydrogens is 290 g/mol. The first-order chi connectivity index (χ1) is 9.13. The van der Waals surface area contributed by atoms with E-state index in [1.54, 1.807) is 0 Å². The van der Waals surface area contributed by atoms with Crippen molar-refractivity contribution in [3.63, 3.8) is 0 Å². The summed E-state index contributed by atoms with van der Waals surface area (Å²) in [5.74, 6) is 1.29. The number of thiophene rings is 1. The van der Waals surface area contributed by atoms with Crippen molar-refractivity contribution < 1.29 is 0 Å². The van der Waals surface area contributed by atoms with Crippen molar-refractivity contribution in [2.24, 2.45) is 0 Å². The van der Waals surface area contributed by atoms with Gasteiger partial charge in [-0.15, -0.1) is 11.3 Å². The first-order valence-corrected chi connectivity index (χ1v) is 9.96. The van der Waals surface area contributed by atoms with Crippen molar-refractivity contribution in [2.75, 3.05) is 12.8 Å². The van der Waals surface area contributed by atoms with Crippen LogP contribution in [0.1, 0.15) is 30.5 Å². The summed E-state index contributed by atoms with van der Waals surface area (Å²) in [6.07, 6.45) is 2.35. The average molecular weight is 316 g/mol. The molecule has 1 nitrogen and oxygen atoms in total. The molecule has 0 amide bonds. The summed E-state index contributed by atoms with van der Waals surface area (Å²) in [5, 5.41) is 5.87. The molecule has 1 saturated heterocycles. The summed E-state index contributed by atoms with van der Waals surface area (Å²) >= 11 is 6.31. The Hall–Kier alpha value is 0.360. The van der Waals surface area contributed by atoms with E-state index in [-0.39, 0.29) is 0 Å². The minimum atomic E-state index is 0.607. The molecule has 0 bridgehead atoms. The third kappa shape index (κ3) is 4.16. The second-order valence-electron chi connectivity index (χ2n) is 5.24. The largest absolute Gasteiger partial charge is 0.316 e. The lowest BCUT2D eigenvalue weighted by molar-refractivity contribution is 0.557. The van der Waals surface area contributed by atoms with Crippen molar-refractivity contribution >= 4 is 34.9 Å². The number of rotatable bonds is 5. The second-order valence-corrected chi connectivity index (χ2v) is 9.52. The van der Waals surface area contributed by atoms with Crippen LogP contribution in [0, 0.1) is 0 Å². The molecule has 4 heteroatoms. The van der Waals surface area contributed by atoms with E-state index in [0.29, 0.717) is 6.04 Å². The lowest BCUT2D eigenvalue weighted by Gasteiger charge is -2.35. The maximum absolute atomic E-state index is 3.56. The summed E-state index contributed by atoms with van der Waals surface area (Å²) in [7, 11) is 2.12. The van der Waals surface area contributed by atoms with E-state index in [4.69, 9.17) is 0 Å². The Morgan fingerprint density at radius 3 is 2.58 bits per heavy atom. The molecule has 0 spiro atoms. The number of hydrogen-bond donors (Lipinski definition) is 1. The number of thioether (sulfide) groups is 2. The van der Waals surface area contributed by atoms with Crippen LogP contribution in [0.3, 0.4) is 0 Å². The van der Waals surface area contributed by atoms with Crippen LogP contribution in [0.4, 0.5) is 0 Å². The smallest absolute Gasteiger partial charge is 0.0298 e. The van der Waals surface area contributed by atoms with Gasteiger partial charge in [0.05, 0.1) is 0 Å². The van der Waals surface area contributed by atoms with Crippen molar-refractivity contribution in [1.82, 2.24) is 5.32 Å². The summed E-state index contributed by atoms with van der Waals surface area (Å²) in [6.45, 7) is 6.98. The van der Waals surface area contributed by atoms with Crippen LogP contribution in [-0.2, 0) is 12.8 Å². The Balaban J connectivity index is 1.96. The zero-order valence-corrected chi connectivity index (χ0v) is 14.8. The quantitative estimate of drug-likeness (QED) is 0.880. The van der Waals surface area contributed by atoms with E-state index in [2.05, 4.69) is 68.8 Å². The Morgan fingerprint density at radius 2 is 2.00 bits per heavy atom. The molecule has 4 unspecified atom stereocenters. The molecule has 2 heterocycles. The van der Waals surface area contributed by atoms with Crippen LogP contribution in [0.5, 0.6) is 0 Å². The first kappa shape index (κ1) is 15.7. The van der Waals surface area contributed by atoms with Crippen LogP contribution in [-0.4, -0.2) is 34.6 Å². The molecule has 19 heavy (non-hydrogen) atoms. The fraction of sp³-hybridized carbons (Fsp3) is 0.733. The van der Waals surface area contributed by atoms with Crippen LogP contribution in [0.2, 0.25) is 0 Å². The minimum absolute atomic E-state index is 0.607. The van der Waals surface area contributed by atoms with Gasteiger partial charge in [-0.1, -0.05) is 20.8 Å². The average Bonchev–Trinajstić information content (AvgIpc) is 2.87. The van der Waals surface area contributed by atoms with Gasteiger partial charge in [0.15, 0.2) is 0 Å². The summed E-state index contributed by atoms with van der Waals surface area (Å²) in [5.41, 5.74) is 0. The van der Waals surface area contributed by atoms with Crippen molar-refractivity contribution in [3.8, 4) is 0 Å². The van der Waals surface area contributed by atoms with Crippen molar-refractivity contribution in [1.29, 1.82) is 0 Å². The maximum atomic E-state index is 3.56. The zero-order chi connectivity index (χ0) is 13.8. The molecule has 0 aromatic carbocycles. The Bertz CT molecular complexity index is 390. The lowest BCUT2D eigenvalue weighted by Crippen LogP contribution is -2.43. The topological polar surface area (TPSA) is 12.0 Å². The van der Waals surface area contributed by atoms with Gasteiger partial charge in [0.25, 0.3) is 0 Å². The van der Waals surface area contributed by atoms with Crippen molar-refractivity contribution in [3.05, 3.63) is 21.9 Å². The van der Waals surface area contributed by atoms with Gasteiger partial charge in [-0.05, 0) is 32.0 Å². The molecule has 1 N–H and O–H groups in total. The monoisotopic (exact) mass is 315 g/mol. The van der Waals surface area contributed by atoms with Crippen LogP contribution >= 0.6 is 34.9 Å². The molecule has 108 valence electrons. The van der Waals surface area contributed by atoms with Crippen LogP contribution in [0.25, 0.3) is 0 Å². The molecule has 0 radical (unpaired) electrons. The fourth-order valence-corrected chi connectivity index (χ4v) is 6.56. The third-order valence-corrected chi connectivity index (χ3v) is 8.68. The SMILES string of the molecule is CCc1ccc(CC(NC)C2CSC(C)C(C)S2)s1. The summed E-state index contributed by atoms with van der Waals surface area (Å²) in [6, 6.07) is 5.22. The molecular formula is C15H25NS3. The minimum Gasteiger partial charge on any atom is -0.316 e. The highest BCUT2D eigenvalue weighted by molar-refractivity contribution is 8.07. The molecule has 1 aromatic rings. The van der Waals surface area contributed by atoms with Crippen LogP contribution < -0.4 is 5.32 Å². The highest BCUT2D eigenvalue weighted by atomic mass is 32.2. The predicted molar refractivity (Wildman–Crippen MR) is 93.0 cm³/mol. The fourth-order valence-electron chi connectivity index (χ4n) is 2.38. The molecule has 1 aromatic heterocycles. The molecule has 1 aliphatic heterocycles. The van der Waals surface area contributed by atoms with E-state index in [9.17, 15) is 0 Å². The van der Waals surface area contributed by atoms with Gasteiger partial charge in [-0.2, -0.15) is 23.5 Å². The number of aryl methyl sites for hydroxylation is 1. The molecule has 0 saturated carbocycles. The number of nitrogens with one attached hydrogen (secondary N) is 1. The maximum Gasteiger partial charge on any atom is 0.0298 e. The predicted octanol–water partition coefficient (Wildman–Crippen LogP) is 4.07. The molecule has 2 rings (SSSR count). The highest BCUT2D eigenvalue weighted by Gasteiger charge is 2.30.